The van der Waals surface area contributed by atoms with Crippen molar-refractivity contribution in [1.82, 2.24) is 10.2 Å². The summed E-state index contributed by atoms with van der Waals surface area (Å²) >= 11 is 0. The van der Waals surface area contributed by atoms with Gasteiger partial charge in [0, 0.05) is 31.6 Å². The van der Waals surface area contributed by atoms with E-state index in [4.69, 9.17) is 4.74 Å². The van der Waals surface area contributed by atoms with Crippen molar-refractivity contribution < 1.29 is 13.9 Å². The van der Waals surface area contributed by atoms with Crippen molar-refractivity contribution >= 4 is 5.91 Å². The monoisotopic (exact) mass is 294 g/mol. The summed E-state index contributed by atoms with van der Waals surface area (Å²) in [7, 11) is 0. The molecule has 1 aliphatic rings. The van der Waals surface area contributed by atoms with Gasteiger partial charge < -0.3 is 15.0 Å². The first-order valence-corrected chi connectivity index (χ1v) is 7.47. The molecule has 4 nitrogen and oxygen atoms in total. The van der Waals surface area contributed by atoms with Crippen molar-refractivity contribution in [2.75, 3.05) is 19.7 Å². The first kappa shape index (κ1) is 15.8. The Morgan fingerprint density at radius 3 is 2.67 bits per heavy atom. The van der Waals surface area contributed by atoms with Gasteiger partial charge in [0.05, 0.1) is 6.61 Å². The third-order valence-corrected chi connectivity index (χ3v) is 3.54. The summed E-state index contributed by atoms with van der Waals surface area (Å²) in [5, 5.41) is 3.40. The highest BCUT2D eigenvalue weighted by atomic mass is 19.1. The summed E-state index contributed by atoms with van der Waals surface area (Å²) in [5.74, 6) is 0.0234. The highest BCUT2D eigenvalue weighted by molar-refractivity contribution is 5.76. The summed E-state index contributed by atoms with van der Waals surface area (Å²) in [6.45, 7) is 6.01. The standard InChI is InChI=1S/C16H23FN2O2/c1-12-10-19(11-13(2)18-12)16(20)8-5-9-21-15-7-4-3-6-14(15)17/h3-4,6-7,12-13,18H,5,8-11H2,1-2H3. The minimum atomic E-state index is -0.367. The van der Waals surface area contributed by atoms with Crippen molar-refractivity contribution in [1.29, 1.82) is 0 Å². The fraction of sp³-hybridized carbons (Fsp3) is 0.562. The van der Waals surface area contributed by atoms with Crippen LogP contribution in [0.25, 0.3) is 0 Å². The zero-order valence-corrected chi connectivity index (χ0v) is 12.6. The number of hydrogen-bond acceptors (Lipinski definition) is 3. The Kier molecular flexibility index (Phi) is 5.56. The molecule has 2 atom stereocenters. The lowest BCUT2D eigenvalue weighted by Crippen LogP contribution is -2.55. The Balaban J connectivity index is 1.71. The SMILES string of the molecule is CC1CN(C(=O)CCCOc2ccccc2F)CC(C)N1. The normalized spacial score (nSPS) is 22.1. The van der Waals surface area contributed by atoms with Crippen LogP contribution in [0.3, 0.4) is 0 Å². The first-order chi connectivity index (χ1) is 10.1. The third kappa shape index (κ3) is 4.70. The third-order valence-electron chi connectivity index (χ3n) is 3.54. The van der Waals surface area contributed by atoms with E-state index in [1.54, 1.807) is 18.2 Å². The molecule has 0 saturated carbocycles. The summed E-state index contributed by atoms with van der Waals surface area (Å²) < 4.78 is 18.7. The molecule has 1 heterocycles. The fourth-order valence-electron chi connectivity index (χ4n) is 2.66. The molecule has 1 aromatic rings. The van der Waals surface area contributed by atoms with Crippen LogP contribution in [0, 0.1) is 5.82 Å². The van der Waals surface area contributed by atoms with Crippen molar-refractivity contribution in [2.24, 2.45) is 0 Å². The van der Waals surface area contributed by atoms with Crippen LogP contribution in [0.1, 0.15) is 26.7 Å². The molecule has 1 saturated heterocycles. The molecule has 0 spiro atoms. The highest BCUT2D eigenvalue weighted by Gasteiger charge is 2.24. The van der Waals surface area contributed by atoms with E-state index in [1.165, 1.54) is 6.07 Å². The average Bonchev–Trinajstić information content (AvgIpc) is 2.44. The highest BCUT2D eigenvalue weighted by Crippen LogP contribution is 2.16. The van der Waals surface area contributed by atoms with Crippen LogP contribution in [0.4, 0.5) is 4.39 Å². The number of rotatable bonds is 5. The Bertz CT molecular complexity index is 471. The second-order valence-electron chi connectivity index (χ2n) is 5.65. The molecule has 1 fully saturated rings. The number of piperazine rings is 1. The maximum atomic E-state index is 13.3. The molecule has 0 aliphatic carbocycles. The van der Waals surface area contributed by atoms with Crippen LogP contribution in [0.15, 0.2) is 24.3 Å². The Morgan fingerprint density at radius 2 is 2.00 bits per heavy atom. The lowest BCUT2D eigenvalue weighted by Gasteiger charge is -2.36. The van der Waals surface area contributed by atoms with E-state index >= 15 is 0 Å². The molecule has 2 unspecified atom stereocenters. The number of nitrogens with one attached hydrogen (secondary N) is 1. The molecule has 1 N–H and O–H groups in total. The van der Waals surface area contributed by atoms with E-state index in [0.717, 1.165) is 13.1 Å². The Hall–Kier alpha value is -1.62. The quantitative estimate of drug-likeness (QED) is 0.847. The van der Waals surface area contributed by atoms with Crippen LogP contribution in [0.2, 0.25) is 0 Å². The van der Waals surface area contributed by atoms with Gasteiger partial charge in [0.1, 0.15) is 0 Å². The van der Waals surface area contributed by atoms with Crippen molar-refractivity contribution in [3.8, 4) is 5.75 Å². The van der Waals surface area contributed by atoms with Gasteiger partial charge in [-0.3, -0.25) is 4.79 Å². The molecule has 0 bridgehead atoms. The van der Waals surface area contributed by atoms with E-state index in [0.29, 0.717) is 31.5 Å². The molecule has 21 heavy (non-hydrogen) atoms. The number of benzene rings is 1. The number of carbonyl (C=O) groups excluding carboxylic acids is 1. The summed E-state index contributed by atoms with van der Waals surface area (Å²) in [6, 6.07) is 6.96. The lowest BCUT2D eigenvalue weighted by molar-refractivity contribution is -0.133. The topological polar surface area (TPSA) is 41.6 Å². The van der Waals surface area contributed by atoms with Crippen molar-refractivity contribution in [3.05, 3.63) is 30.1 Å². The lowest BCUT2D eigenvalue weighted by atomic mass is 10.1. The van der Waals surface area contributed by atoms with Crippen molar-refractivity contribution in [3.63, 3.8) is 0 Å². The van der Waals surface area contributed by atoms with Gasteiger partial charge in [-0.15, -0.1) is 0 Å². The van der Waals surface area contributed by atoms with Gasteiger partial charge in [-0.05, 0) is 32.4 Å². The molecule has 0 radical (unpaired) electrons. The van der Waals surface area contributed by atoms with Crippen LogP contribution in [-0.4, -0.2) is 42.6 Å². The molecule has 5 heteroatoms. The van der Waals surface area contributed by atoms with Crippen LogP contribution >= 0.6 is 0 Å². The second kappa shape index (κ2) is 7.41. The van der Waals surface area contributed by atoms with Gasteiger partial charge in [-0.1, -0.05) is 12.1 Å². The largest absolute Gasteiger partial charge is 0.491 e. The van der Waals surface area contributed by atoms with Gasteiger partial charge in [-0.25, -0.2) is 4.39 Å². The van der Waals surface area contributed by atoms with E-state index in [1.807, 2.05) is 4.90 Å². The van der Waals surface area contributed by atoms with Crippen LogP contribution in [0.5, 0.6) is 5.75 Å². The molecule has 1 amide bonds. The average molecular weight is 294 g/mol. The number of halogens is 1. The summed E-state index contributed by atoms with van der Waals surface area (Å²) in [5.41, 5.74) is 0. The molecule has 2 rings (SSSR count). The number of ether oxygens (including phenoxy) is 1. The Morgan fingerprint density at radius 1 is 1.33 bits per heavy atom. The van der Waals surface area contributed by atoms with E-state index in [2.05, 4.69) is 19.2 Å². The van der Waals surface area contributed by atoms with Gasteiger partial charge in [-0.2, -0.15) is 0 Å². The molecular weight excluding hydrogens is 271 g/mol. The molecule has 1 aromatic carbocycles. The molecule has 0 aromatic heterocycles. The van der Waals surface area contributed by atoms with Gasteiger partial charge in [0.15, 0.2) is 11.6 Å². The number of hydrogen-bond donors (Lipinski definition) is 1. The summed E-state index contributed by atoms with van der Waals surface area (Å²) in [4.78, 5) is 14.0. The maximum Gasteiger partial charge on any atom is 0.222 e. The predicted octanol–water partition coefficient (Wildman–Crippen LogP) is 2.19. The zero-order valence-electron chi connectivity index (χ0n) is 12.6. The number of amides is 1. The maximum absolute atomic E-state index is 13.3. The van der Waals surface area contributed by atoms with Gasteiger partial charge in [0.25, 0.3) is 0 Å². The minimum absolute atomic E-state index is 0.146. The van der Waals surface area contributed by atoms with Crippen LogP contribution in [-0.2, 0) is 4.79 Å². The van der Waals surface area contributed by atoms with E-state index in [9.17, 15) is 9.18 Å². The van der Waals surface area contributed by atoms with E-state index in [-0.39, 0.29) is 17.5 Å². The number of para-hydroxylation sites is 1. The minimum Gasteiger partial charge on any atom is -0.491 e. The molecular formula is C16H23FN2O2. The smallest absolute Gasteiger partial charge is 0.222 e. The fourth-order valence-corrected chi connectivity index (χ4v) is 2.66. The molecule has 116 valence electrons. The van der Waals surface area contributed by atoms with Crippen molar-refractivity contribution in [2.45, 2.75) is 38.8 Å². The number of nitrogens with zero attached hydrogens (tertiary/aromatic N) is 1. The first-order valence-electron chi connectivity index (χ1n) is 7.47. The number of carbonyl (C=O) groups is 1. The van der Waals surface area contributed by atoms with Gasteiger partial charge in [0.2, 0.25) is 5.91 Å². The summed E-state index contributed by atoms with van der Waals surface area (Å²) in [6.07, 6.45) is 1.04. The van der Waals surface area contributed by atoms with Gasteiger partial charge >= 0.3 is 0 Å². The molecule has 1 aliphatic heterocycles. The predicted molar refractivity (Wildman–Crippen MR) is 79.8 cm³/mol. The second-order valence-corrected chi connectivity index (χ2v) is 5.65. The zero-order chi connectivity index (χ0) is 15.2. The van der Waals surface area contributed by atoms with Crippen LogP contribution < -0.4 is 10.1 Å². The van der Waals surface area contributed by atoms with E-state index < -0.39 is 0 Å². The Labute approximate surface area is 125 Å².